The number of nitrogens with zero attached hydrogens (tertiary/aromatic N) is 2. The second kappa shape index (κ2) is 4.45. The van der Waals surface area contributed by atoms with Crippen molar-refractivity contribution in [1.82, 2.24) is 9.80 Å². The quantitative estimate of drug-likeness (QED) is 0.630. The summed E-state index contributed by atoms with van der Waals surface area (Å²) >= 11 is 0. The average Bonchev–Trinajstić information content (AvgIpc) is 2.15. The molecule has 0 aromatic rings. The van der Waals surface area contributed by atoms with Gasteiger partial charge < -0.3 is 0 Å². The topological polar surface area (TPSA) is 6.48 Å². The zero-order valence-electron chi connectivity index (χ0n) is 9.28. The van der Waals surface area contributed by atoms with Crippen LogP contribution in [0.25, 0.3) is 0 Å². The third-order valence-corrected chi connectivity index (χ3v) is 3.66. The highest BCUT2D eigenvalue weighted by Crippen LogP contribution is 2.31. The molecule has 0 N–H and O–H groups in total. The Kier molecular flexibility index (Phi) is 3.24. The third-order valence-electron chi connectivity index (χ3n) is 3.66. The maximum Gasteiger partial charge on any atom is 0.0161 e. The molecular weight excluding hydrogens is 172 g/mol. The second-order valence-electron chi connectivity index (χ2n) is 4.86. The van der Waals surface area contributed by atoms with Gasteiger partial charge in [-0.2, -0.15) is 0 Å². The normalized spacial score (nSPS) is 35.2. The molecule has 2 heteroatoms. The van der Waals surface area contributed by atoms with E-state index in [0.717, 1.165) is 18.5 Å². The lowest BCUT2D eigenvalue weighted by molar-refractivity contribution is 0.0416. The van der Waals surface area contributed by atoms with E-state index in [-0.39, 0.29) is 0 Å². The van der Waals surface area contributed by atoms with E-state index in [4.69, 9.17) is 0 Å². The summed E-state index contributed by atoms with van der Waals surface area (Å²) in [7, 11) is 0. The molecule has 2 fully saturated rings. The highest BCUT2D eigenvalue weighted by molar-refractivity contribution is 4.88. The maximum atomic E-state index is 3.79. The van der Waals surface area contributed by atoms with Gasteiger partial charge in [-0.05, 0) is 18.8 Å². The molecule has 0 aromatic carbocycles. The summed E-state index contributed by atoms with van der Waals surface area (Å²) < 4.78 is 0. The fourth-order valence-corrected chi connectivity index (χ4v) is 2.65. The first-order valence-electron chi connectivity index (χ1n) is 5.87. The number of hydrogen-bond donors (Lipinski definition) is 0. The molecule has 2 nitrogen and oxygen atoms in total. The van der Waals surface area contributed by atoms with Gasteiger partial charge in [0.2, 0.25) is 0 Å². The van der Waals surface area contributed by atoms with Crippen LogP contribution >= 0.6 is 0 Å². The largest absolute Gasteiger partial charge is 0.298 e. The molecule has 0 atom stereocenters. The van der Waals surface area contributed by atoms with E-state index in [1.807, 2.05) is 6.08 Å². The molecule has 80 valence electrons. The van der Waals surface area contributed by atoms with Crippen molar-refractivity contribution in [2.45, 2.75) is 25.8 Å². The molecule has 0 unspecified atom stereocenters. The number of rotatable bonds is 3. The van der Waals surface area contributed by atoms with Crippen molar-refractivity contribution in [2.75, 3.05) is 32.7 Å². The van der Waals surface area contributed by atoms with E-state index in [2.05, 4.69) is 23.3 Å². The first-order valence-corrected chi connectivity index (χ1v) is 5.87. The van der Waals surface area contributed by atoms with Crippen LogP contribution in [0.4, 0.5) is 0 Å². The van der Waals surface area contributed by atoms with Gasteiger partial charge in [-0.25, -0.2) is 0 Å². The minimum atomic E-state index is 0.913. The third kappa shape index (κ3) is 2.18. The summed E-state index contributed by atoms with van der Waals surface area (Å²) in [6, 6.07) is 0.913. The zero-order chi connectivity index (χ0) is 9.97. The van der Waals surface area contributed by atoms with Crippen LogP contribution < -0.4 is 0 Å². The van der Waals surface area contributed by atoms with Crippen LogP contribution in [0.1, 0.15) is 19.8 Å². The van der Waals surface area contributed by atoms with Gasteiger partial charge in [0.1, 0.15) is 0 Å². The minimum absolute atomic E-state index is 0.913. The Hall–Kier alpha value is -0.340. The lowest BCUT2D eigenvalue weighted by atomic mass is 9.80. The van der Waals surface area contributed by atoms with Crippen molar-refractivity contribution in [3.05, 3.63) is 12.7 Å². The first kappa shape index (κ1) is 10.2. The van der Waals surface area contributed by atoms with Crippen LogP contribution in [0.5, 0.6) is 0 Å². The molecule has 2 rings (SSSR count). The summed E-state index contributed by atoms with van der Waals surface area (Å²) in [5.41, 5.74) is 0. The van der Waals surface area contributed by atoms with Gasteiger partial charge in [-0.15, -0.1) is 6.58 Å². The molecule has 0 spiro atoms. The minimum Gasteiger partial charge on any atom is -0.298 e. The van der Waals surface area contributed by atoms with E-state index in [1.165, 1.54) is 39.0 Å². The summed E-state index contributed by atoms with van der Waals surface area (Å²) in [4.78, 5) is 5.17. The van der Waals surface area contributed by atoms with Gasteiger partial charge in [-0.3, -0.25) is 9.80 Å². The number of hydrogen-bond acceptors (Lipinski definition) is 2. The van der Waals surface area contributed by atoms with Crippen LogP contribution in [0.3, 0.4) is 0 Å². The standard InChI is InChI=1S/C12H22N2/c1-3-4-13-5-7-14(8-6-13)12-9-11(2)10-12/h3,11-12H,1,4-10H2,2H3. The number of piperazine rings is 1. The van der Waals surface area contributed by atoms with E-state index < -0.39 is 0 Å². The Morgan fingerprint density at radius 2 is 1.86 bits per heavy atom. The van der Waals surface area contributed by atoms with E-state index >= 15 is 0 Å². The molecule has 1 aliphatic heterocycles. The Morgan fingerprint density at radius 1 is 1.21 bits per heavy atom. The highest BCUT2D eigenvalue weighted by Gasteiger charge is 2.31. The monoisotopic (exact) mass is 194 g/mol. The fourth-order valence-electron chi connectivity index (χ4n) is 2.65. The fraction of sp³-hybridized carbons (Fsp3) is 0.833. The summed E-state index contributed by atoms with van der Waals surface area (Å²) in [6.07, 6.45) is 4.88. The Bertz CT molecular complexity index is 188. The van der Waals surface area contributed by atoms with Crippen molar-refractivity contribution in [3.8, 4) is 0 Å². The van der Waals surface area contributed by atoms with Crippen molar-refractivity contribution < 1.29 is 0 Å². The van der Waals surface area contributed by atoms with Gasteiger partial charge in [0.05, 0.1) is 0 Å². The molecule has 0 radical (unpaired) electrons. The van der Waals surface area contributed by atoms with Crippen LogP contribution in [0.15, 0.2) is 12.7 Å². The lowest BCUT2D eigenvalue weighted by Crippen LogP contribution is -2.53. The Labute approximate surface area is 87.6 Å². The molecule has 14 heavy (non-hydrogen) atoms. The summed E-state index contributed by atoms with van der Waals surface area (Å²) in [5, 5.41) is 0. The van der Waals surface area contributed by atoms with Crippen molar-refractivity contribution in [3.63, 3.8) is 0 Å². The van der Waals surface area contributed by atoms with Gasteiger partial charge >= 0.3 is 0 Å². The molecule has 1 heterocycles. The van der Waals surface area contributed by atoms with Gasteiger partial charge in [0, 0.05) is 38.8 Å². The van der Waals surface area contributed by atoms with Gasteiger partial charge in [0.15, 0.2) is 0 Å². The SMILES string of the molecule is C=CCN1CCN(C2CC(C)C2)CC1. The maximum absolute atomic E-state index is 3.79. The molecule has 1 aliphatic carbocycles. The molecule has 0 aromatic heterocycles. The van der Waals surface area contributed by atoms with E-state index in [0.29, 0.717) is 0 Å². The molecule has 0 bridgehead atoms. The van der Waals surface area contributed by atoms with Crippen LogP contribution in [-0.2, 0) is 0 Å². The highest BCUT2D eigenvalue weighted by atomic mass is 15.3. The Morgan fingerprint density at radius 3 is 2.36 bits per heavy atom. The Balaban J connectivity index is 1.70. The summed E-state index contributed by atoms with van der Waals surface area (Å²) in [5.74, 6) is 0.978. The molecule has 1 saturated carbocycles. The first-order chi connectivity index (χ1) is 6.79. The predicted molar refractivity (Wildman–Crippen MR) is 60.4 cm³/mol. The lowest BCUT2D eigenvalue weighted by Gasteiger charge is -2.45. The van der Waals surface area contributed by atoms with E-state index in [9.17, 15) is 0 Å². The molecule has 1 saturated heterocycles. The van der Waals surface area contributed by atoms with Crippen molar-refractivity contribution in [1.29, 1.82) is 0 Å². The van der Waals surface area contributed by atoms with E-state index in [1.54, 1.807) is 0 Å². The second-order valence-corrected chi connectivity index (χ2v) is 4.86. The van der Waals surface area contributed by atoms with Crippen LogP contribution in [-0.4, -0.2) is 48.6 Å². The molecule has 2 aliphatic rings. The van der Waals surface area contributed by atoms with Crippen molar-refractivity contribution >= 4 is 0 Å². The van der Waals surface area contributed by atoms with Gasteiger partial charge in [0.25, 0.3) is 0 Å². The van der Waals surface area contributed by atoms with Crippen LogP contribution in [0.2, 0.25) is 0 Å². The predicted octanol–water partition coefficient (Wildman–Crippen LogP) is 1.59. The smallest absolute Gasteiger partial charge is 0.0161 e. The zero-order valence-corrected chi connectivity index (χ0v) is 9.28. The average molecular weight is 194 g/mol. The van der Waals surface area contributed by atoms with Crippen molar-refractivity contribution in [2.24, 2.45) is 5.92 Å². The van der Waals surface area contributed by atoms with Crippen LogP contribution in [0, 0.1) is 5.92 Å². The summed E-state index contributed by atoms with van der Waals surface area (Å²) in [6.45, 7) is 12.2. The molecule has 0 amide bonds. The molecular formula is C12H22N2. The van der Waals surface area contributed by atoms with Gasteiger partial charge in [-0.1, -0.05) is 13.0 Å².